The number of hydrogen-bond acceptors (Lipinski definition) is 5. The van der Waals surface area contributed by atoms with E-state index < -0.39 is 5.75 Å². The summed E-state index contributed by atoms with van der Waals surface area (Å²) in [5, 5.41) is 41.2. The van der Waals surface area contributed by atoms with E-state index in [1.165, 1.54) is 0 Å². The maximum atomic E-state index is 13.1. The Bertz CT molecular complexity index is 949. The highest BCUT2D eigenvalue weighted by Crippen LogP contribution is 2.51. The fourth-order valence-electron chi connectivity index (χ4n) is 2.82. The molecule has 0 saturated heterocycles. The highest BCUT2D eigenvalue weighted by Gasteiger charge is 2.25. The number of aromatic hydroxyl groups is 4. The lowest BCUT2D eigenvalue weighted by atomic mass is 10.0. The van der Waals surface area contributed by atoms with Crippen molar-refractivity contribution >= 4 is 34.0 Å². The first-order valence-corrected chi connectivity index (χ1v) is 7.22. The number of nitrogens with one attached hydrogen (secondary N) is 1. The summed E-state index contributed by atoms with van der Waals surface area (Å²) >= 11 is -0.264. The third-order valence-electron chi connectivity index (χ3n) is 4.15. The molecule has 0 radical (unpaired) electrons. The number of fused-ring (bicyclic) bond motifs is 3. The molecule has 0 aliphatic carbocycles. The molecule has 0 amide bonds. The Morgan fingerprint density at radius 2 is 1.23 bits per heavy atom. The van der Waals surface area contributed by atoms with Crippen molar-refractivity contribution in [3.63, 3.8) is 0 Å². The summed E-state index contributed by atoms with van der Waals surface area (Å²) in [5.41, 5.74) is 1.92. The van der Waals surface area contributed by atoms with Gasteiger partial charge in [-0.05, 0) is 20.8 Å². The first-order valence-electron chi connectivity index (χ1n) is 6.50. The summed E-state index contributed by atoms with van der Waals surface area (Å²) in [6.45, 7) is 4.78. The molecular weight excluding hydrogens is 309 g/mol. The lowest BCUT2D eigenvalue weighted by molar-refractivity contribution is 0.429. The van der Waals surface area contributed by atoms with Crippen LogP contribution in [-0.2, 0) is 0 Å². The van der Waals surface area contributed by atoms with Crippen molar-refractivity contribution < 1.29 is 24.3 Å². The summed E-state index contributed by atoms with van der Waals surface area (Å²) in [4.78, 5) is 2.69. The molecule has 0 saturated carbocycles. The van der Waals surface area contributed by atoms with Crippen molar-refractivity contribution in [2.45, 2.75) is 25.7 Å². The highest BCUT2D eigenvalue weighted by molar-refractivity contribution is 7.94. The smallest absolute Gasteiger partial charge is 0.145 e. The third kappa shape index (κ3) is 1.60. The summed E-state index contributed by atoms with van der Waals surface area (Å²) in [5.74, 6) is -1.06. The number of aryl methyl sites for hydroxylation is 2. The molecule has 1 heterocycles. The second-order valence-electron chi connectivity index (χ2n) is 5.30. The standard InChI is InChI=1S/C15H14FNO4S/c1-4-9-7(12(19)6(3)11(4)18)8-10(17-9)5(2)13(20)15(22-16)14(8)21/h17-21H,1-3H3. The lowest BCUT2D eigenvalue weighted by Gasteiger charge is -2.10. The van der Waals surface area contributed by atoms with E-state index >= 15 is 0 Å². The van der Waals surface area contributed by atoms with Crippen LogP contribution in [-0.4, -0.2) is 25.4 Å². The van der Waals surface area contributed by atoms with Crippen molar-refractivity contribution in [1.29, 1.82) is 0 Å². The normalized spacial score (nSPS) is 11.6. The summed E-state index contributed by atoms with van der Waals surface area (Å²) in [6, 6.07) is 0. The summed E-state index contributed by atoms with van der Waals surface area (Å²) < 4.78 is 13.1. The maximum absolute atomic E-state index is 13.1. The molecule has 5 N–H and O–H groups in total. The number of H-pyrrole nitrogens is 1. The second-order valence-corrected chi connectivity index (χ2v) is 5.86. The van der Waals surface area contributed by atoms with Crippen molar-refractivity contribution in [2.24, 2.45) is 0 Å². The van der Waals surface area contributed by atoms with Gasteiger partial charge in [-0.1, -0.05) is 0 Å². The largest absolute Gasteiger partial charge is 0.507 e. The van der Waals surface area contributed by atoms with Gasteiger partial charge in [-0.2, -0.15) is 3.89 Å². The molecule has 1 aromatic heterocycles. The van der Waals surface area contributed by atoms with Crippen LogP contribution < -0.4 is 0 Å². The second kappa shape index (κ2) is 4.61. The van der Waals surface area contributed by atoms with Crippen LogP contribution in [0.15, 0.2) is 4.90 Å². The number of aromatic nitrogens is 1. The number of phenolic OH excluding ortho intramolecular Hbond substituents is 4. The quantitative estimate of drug-likeness (QED) is 0.465. The molecule has 0 aliphatic rings. The Kier molecular flexibility index (Phi) is 3.07. The third-order valence-corrected chi connectivity index (χ3v) is 4.69. The fourth-order valence-corrected chi connectivity index (χ4v) is 3.22. The van der Waals surface area contributed by atoms with Crippen LogP contribution in [0, 0.1) is 20.8 Å². The Hall–Kier alpha value is -2.28. The average Bonchev–Trinajstić information content (AvgIpc) is 2.90. The number of halogens is 1. The predicted molar refractivity (Wildman–Crippen MR) is 83.6 cm³/mol. The van der Waals surface area contributed by atoms with Gasteiger partial charge in [-0.25, -0.2) is 0 Å². The average molecular weight is 323 g/mol. The van der Waals surface area contributed by atoms with E-state index in [4.69, 9.17) is 0 Å². The molecule has 22 heavy (non-hydrogen) atoms. The minimum absolute atomic E-state index is 0.0574. The molecule has 3 aromatic rings. The van der Waals surface area contributed by atoms with E-state index in [1.54, 1.807) is 20.8 Å². The first kappa shape index (κ1) is 14.6. The lowest BCUT2D eigenvalue weighted by Crippen LogP contribution is -1.85. The van der Waals surface area contributed by atoms with E-state index in [2.05, 4.69) is 4.98 Å². The number of hydrogen-bond donors (Lipinski definition) is 5. The minimum Gasteiger partial charge on any atom is -0.507 e. The van der Waals surface area contributed by atoms with E-state index in [0.717, 1.165) is 0 Å². The van der Waals surface area contributed by atoms with Crippen LogP contribution >= 0.6 is 12.1 Å². The number of rotatable bonds is 1. The monoisotopic (exact) mass is 323 g/mol. The maximum Gasteiger partial charge on any atom is 0.145 e. The minimum atomic E-state index is -0.448. The first-order chi connectivity index (χ1) is 10.3. The molecule has 0 bridgehead atoms. The van der Waals surface area contributed by atoms with Crippen LogP contribution in [0.5, 0.6) is 23.0 Å². The van der Waals surface area contributed by atoms with E-state index in [0.29, 0.717) is 27.5 Å². The number of phenols is 4. The highest BCUT2D eigenvalue weighted by atomic mass is 32.2. The SMILES string of the molecule is Cc1c(O)c(C)c2[nH]c3c(C)c(O)c(SF)c(O)c3c2c1O. The van der Waals surface area contributed by atoms with Gasteiger partial charge in [0.1, 0.15) is 27.9 Å². The summed E-state index contributed by atoms with van der Waals surface area (Å²) in [6.07, 6.45) is 0. The van der Waals surface area contributed by atoms with Gasteiger partial charge in [0.2, 0.25) is 0 Å². The van der Waals surface area contributed by atoms with Gasteiger partial charge in [-0.3, -0.25) is 0 Å². The molecule has 0 spiro atoms. The zero-order chi connectivity index (χ0) is 16.3. The van der Waals surface area contributed by atoms with Crippen LogP contribution in [0.4, 0.5) is 3.89 Å². The van der Waals surface area contributed by atoms with E-state index in [-0.39, 0.29) is 45.2 Å². The Morgan fingerprint density at radius 3 is 1.77 bits per heavy atom. The molecule has 0 fully saturated rings. The zero-order valence-electron chi connectivity index (χ0n) is 12.1. The number of aromatic amines is 1. The fraction of sp³-hybridized carbons (Fsp3) is 0.200. The summed E-state index contributed by atoms with van der Waals surface area (Å²) in [7, 11) is 0. The van der Waals surface area contributed by atoms with Crippen LogP contribution in [0.25, 0.3) is 21.8 Å². The Morgan fingerprint density at radius 1 is 0.727 bits per heavy atom. The van der Waals surface area contributed by atoms with E-state index in [1.807, 2.05) is 0 Å². The predicted octanol–water partition coefficient (Wildman–Crippen LogP) is 4.05. The molecule has 0 aliphatic heterocycles. The molecule has 5 nitrogen and oxygen atoms in total. The van der Waals surface area contributed by atoms with Gasteiger partial charge in [0.25, 0.3) is 0 Å². The van der Waals surface area contributed by atoms with Gasteiger partial charge < -0.3 is 25.4 Å². The van der Waals surface area contributed by atoms with E-state index in [9.17, 15) is 24.3 Å². The Labute approximate surface area is 129 Å². The molecule has 0 unspecified atom stereocenters. The van der Waals surface area contributed by atoms with Gasteiger partial charge in [0.15, 0.2) is 0 Å². The van der Waals surface area contributed by atoms with Crippen LogP contribution in [0.1, 0.15) is 16.7 Å². The van der Waals surface area contributed by atoms with Crippen LogP contribution in [0.3, 0.4) is 0 Å². The van der Waals surface area contributed by atoms with Gasteiger partial charge in [0, 0.05) is 16.7 Å². The van der Waals surface area contributed by atoms with Crippen molar-refractivity contribution in [1.82, 2.24) is 4.98 Å². The number of benzene rings is 2. The van der Waals surface area contributed by atoms with Gasteiger partial charge >= 0.3 is 0 Å². The topological polar surface area (TPSA) is 96.7 Å². The van der Waals surface area contributed by atoms with Gasteiger partial charge in [-0.15, -0.1) is 0 Å². The zero-order valence-corrected chi connectivity index (χ0v) is 12.9. The van der Waals surface area contributed by atoms with Gasteiger partial charge in [0.05, 0.1) is 34.0 Å². The van der Waals surface area contributed by atoms with Crippen molar-refractivity contribution in [2.75, 3.05) is 0 Å². The van der Waals surface area contributed by atoms with Crippen molar-refractivity contribution in [3.05, 3.63) is 16.7 Å². The molecule has 0 atom stereocenters. The van der Waals surface area contributed by atoms with Crippen LogP contribution in [0.2, 0.25) is 0 Å². The van der Waals surface area contributed by atoms with Crippen molar-refractivity contribution in [3.8, 4) is 23.0 Å². The molecule has 7 heteroatoms. The molecule has 116 valence electrons. The Balaban J connectivity index is 2.70. The molecule has 2 aromatic carbocycles. The molecular formula is C15H14FNO4S. The molecule has 3 rings (SSSR count).